The van der Waals surface area contributed by atoms with Gasteiger partial charge in [0.05, 0.1) is 31.2 Å². The number of nitrogens with one attached hydrogen (secondary N) is 2. The predicted octanol–water partition coefficient (Wildman–Crippen LogP) is 5.91. The molecule has 5 aliphatic heterocycles. The summed E-state index contributed by atoms with van der Waals surface area (Å²) in [4.78, 5) is 69.2. The number of nitrogens with zero attached hydrogens (tertiary/aromatic N) is 8. The van der Waals surface area contributed by atoms with E-state index in [0.717, 1.165) is 36.3 Å². The third-order valence-corrected chi connectivity index (χ3v) is 13.6. The van der Waals surface area contributed by atoms with E-state index < -0.39 is 41.7 Å². The first-order valence-electron chi connectivity index (χ1n) is 21.3. The van der Waals surface area contributed by atoms with E-state index in [1.807, 2.05) is 45.9 Å². The molecule has 3 fully saturated rings. The molecule has 14 nitrogen and oxygen atoms in total. The first-order valence-corrected chi connectivity index (χ1v) is 22.1. The number of imidazole rings is 1. The lowest BCUT2D eigenvalue weighted by molar-refractivity contribution is -0.129. The highest BCUT2D eigenvalue weighted by molar-refractivity contribution is 7.13. The highest BCUT2D eigenvalue weighted by atomic mass is 32.1. The number of aromatic nitrogens is 3. The van der Waals surface area contributed by atoms with Gasteiger partial charge in [0.2, 0.25) is 5.91 Å². The van der Waals surface area contributed by atoms with Gasteiger partial charge in [0, 0.05) is 98.6 Å². The van der Waals surface area contributed by atoms with Crippen LogP contribution >= 0.6 is 11.3 Å². The number of aryl methyl sites for hydroxylation is 1. The normalized spacial score (nSPS) is 20.8. The number of hydrogen-bond donors (Lipinski definition) is 2. The van der Waals surface area contributed by atoms with E-state index in [2.05, 4.69) is 25.5 Å². The van der Waals surface area contributed by atoms with Gasteiger partial charge >= 0.3 is 6.03 Å². The van der Waals surface area contributed by atoms with Gasteiger partial charge in [-0.2, -0.15) is 0 Å². The Bertz CT molecular complexity index is 2560. The van der Waals surface area contributed by atoms with E-state index in [4.69, 9.17) is 0 Å². The van der Waals surface area contributed by atoms with Gasteiger partial charge in [-0.25, -0.2) is 27.9 Å². The molecule has 5 amide bonds. The standard InChI is InChI=1S/C45H45F3N10O4S/c46-35-23-30(22-33-34(35)25-58(42(33)61)40(41(60)52-43-49-13-21-63-43)39-36-2-1-14-56(36)27-50-39)29-5-9-31(10-6-29)54-17-19-55(20-18-54)37-11-15-53(26-45(37,47)48)24-28-3-7-32(8-4-28)57-16-12-38(59)51-44(57)62/h3-10,13,21-23,27,37,40H,1-2,11-12,14-20,24-26H2,(H,49,52,60)(H,51,59,62). The Morgan fingerprint density at radius 3 is 2.41 bits per heavy atom. The molecule has 2 N–H and O–H groups in total. The largest absolute Gasteiger partial charge is 0.369 e. The van der Waals surface area contributed by atoms with Gasteiger partial charge in [-0.05, 0) is 72.4 Å². The summed E-state index contributed by atoms with van der Waals surface area (Å²) >= 11 is 1.26. The molecule has 2 aromatic heterocycles. The molecule has 3 aromatic carbocycles. The van der Waals surface area contributed by atoms with E-state index in [1.54, 1.807) is 41.0 Å². The highest BCUT2D eigenvalue weighted by Gasteiger charge is 2.48. The Morgan fingerprint density at radius 1 is 0.905 bits per heavy atom. The quantitative estimate of drug-likeness (QED) is 0.176. The molecule has 5 aliphatic rings. The van der Waals surface area contributed by atoms with Crippen molar-refractivity contribution in [2.24, 2.45) is 0 Å². The zero-order chi connectivity index (χ0) is 43.4. The number of halogens is 3. The summed E-state index contributed by atoms with van der Waals surface area (Å²) in [6.07, 6.45) is 5.46. The summed E-state index contributed by atoms with van der Waals surface area (Å²) in [5.41, 5.74) is 5.50. The molecule has 326 valence electrons. The number of rotatable bonds is 10. The van der Waals surface area contributed by atoms with Crippen molar-refractivity contribution in [3.05, 3.63) is 112 Å². The number of piperazine rings is 1. The van der Waals surface area contributed by atoms with Gasteiger partial charge in [0.1, 0.15) is 5.82 Å². The maximum atomic E-state index is 15.9. The summed E-state index contributed by atoms with van der Waals surface area (Å²) in [6, 6.07) is 15.6. The van der Waals surface area contributed by atoms with Gasteiger partial charge in [-0.1, -0.05) is 24.3 Å². The van der Waals surface area contributed by atoms with Crippen LogP contribution in [0.25, 0.3) is 11.1 Å². The molecule has 2 unspecified atom stereocenters. The lowest BCUT2D eigenvalue weighted by Gasteiger charge is -2.46. The van der Waals surface area contributed by atoms with Gasteiger partial charge in [0.15, 0.2) is 11.2 Å². The minimum absolute atomic E-state index is 0.0820. The number of amides is 5. The number of carbonyl (C=O) groups excluding carboxylic acids is 4. The van der Waals surface area contributed by atoms with Crippen LogP contribution in [0.3, 0.4) is 0 Å². The van der Waals surface area contributed by atoms with Crippen molar-refractivity contribution in [2.45, 2.75) is 63.3 Å². The third-order valence-electron chi connectivity index (χ3n) is 13.0. The van der Waals surface area contributed by atoms with Crippen LogP contribution in [-0.4, -0.2) is 111 Å². The van der Waals surface area contributed by atoms with E-state index >= 15 is 13.2 Å². The Morgan fingerprint density at radius 2 is 1.68 bits per heavy atom. The molecule has 63 heavy (non-hydrogen) atoms. The summed E-state index contributed by atoms with van der Waals surface area (Å²) in [5.74, 6) is -4.65. The van der Waals surface area contributed by atoms with Crippen molar-refractivity contribution in [3.8, 4) is 11.1 Å². The topological polar surface area (TPSA) is 139 Å². The minimum atomic E-state index is -2.90. The lowest BCUT2D eigenvalue weighted by atomic mass is 9.97. The molecule has 18 heteroatoms. The summed E-state index contributed by atoms with van der Waals surface area (Å²) < 4.78 is 49.5. The fraction of sp³-hybridized carbons (Fsp3) is 0.378. The number of thiazole rings is 1. The minimum Gasteiger partial charge on any atom is -0.369 e. The molecule has 0 saturated carbocycles. The van der Waals surface area contributed by atoms with Crippen LogP contribution in [0.2, 0.25) is 0 Å². The van der Waals surface area contributed by atoms with Crippen molar-refractivity contribution < 1.29 is 32.3 Å². The molecule has 2 atom stereocenters. The van der Waals surface area contributed by atoms with Gasteiger partial charge in [-0.3, -0.25) is 39.7 Å². The second kappa shape index (κ2) is 16.5. The molecule has 0 bridgehead atoms. The number of carbonyl (C=O) groups is 4. The summed E-state index contributed by atoms with van der Waals surface area (Å²) in [5, 5.41) is 7.28. The van der Waals surface area contributed by atoms with Crippen molar-refractivity contribution in [3.63, 3.8) is 0 Å². The van der Waals surface area contributed by atoms with Crippen LogP contribution in [0, 0.1) is 5.82 Å². The molecule has 0 spiro atoms. The van der Waals surface area contributed by atoms with Gasteiger partial charge < -0.3 is 14.4 Å². The fourth-order valence-corrected chi connectivity index (χ4v) is 10.3. The number of likely N-dealkylation sites (tertiary alicyclic amines) is 1. The second-order valence-corrected chi connectivity index (χ2v) is 17.7. The predicted molar refractivity (Wildman–Crippen MR) is 230 cm³/mol. The number of benzene rings is 3. The molecule has 10 rings (SSSR count). The number of imide groups is 1. The number of hydrogen-bond acceptors (Lipinski definition) is 10. The van der Waals surface area contributed by atoms with Crippen LogP contribution < -0.4 is 20.4 Å². The Kier molecular flexibility index (Phi) is 10.7. The third kappa shape index (κ3) is 7.95. The van der Waals surface area contributed by atoms with Crippen LogP contribution in [0.1, 0.15) is 58.2 Å². The Labute approximate surface area is 365 Å². The number of anilines is 3. The molecule has 0 aliphatic carbocycles. The van der Waals surface area contributed by atoms with Crippen molar-refractivity contribution >= 4 is 51.6 Å². The molecule has 3 saturated heterocycles. The monoisotopic (exact) mass is 878 g/mol. The molecule has 5 aromatic rings. The first-order chi connectivity index (χ1) is 30.5. The SMILES string of the molecule is O=C1CCN(c2ccc(CN3CCC(N4CCN(c5ccc(-c6cc(F)c7c(c6)C(=O)N(C(C(=O)Nc6nccs6)c6ncn8c6CCC8)C7)cc5)CC4)C(F)(F)C3)cc2)C(=O)N1. The maximum absolute atomic E-state index is 15.9. The summed E-state index contributed by atoms with van der Waals surface area (Å²) in [6.45, 7) is 3.65. The van der Waals surface area contributed by atoms with Gasteiger partial charge in [-0.15, -0.1) is 11.3 Å². The van der Waals surface area contributed by atoms with E-state index in [-0.39, 0.29) is 36.5 Å². The van der Waals surface area contributed by atoms with Crippen LogP contribution in [0.4, 0.5) is 34.5 Å². The van der Waals surface area contributed by atoms with Crippen molar-refractivity contribution in [2.75, 3.05) is 60.9 Å². The zero-order valence-corrected chi connectivity index (χ0v) is 35.1. The first kappa shape index (κ1) is 40.9. The molecule has 7 heterocycles. The molecule has 0 radical (unpaired) electrons. The van der Waals surface area contributed by atoms with E-state index in [9.17, 15) is 19.2 Å². The van der Waals surface area contributed by atoms with Crippen LogP contribution in [0.15, 0.2) is 78.6 Å². The summed E-state index contributed by atoms with van der Waals surface area (Å²) in [7, 11) is 0. The number of piperidine rings is 1. The Hall–Kier alpha value is -6.11. The average molecular weight is 879 g/mol. The Balaban J connectivity index is 0.762. The molecular weight excluding hydrogens is 834 g/mol. The molecular formula is C45H45F3N10O4S. The van der Waals surface area contributed by atoms with E-state index in [0.29, 0.717) is 79.9 Å². The van der Waals surface area contributed by atoms with Crippen molar-refractivity contribution in [1.82, 2.24) is 34.6 Å². The number of alkyl halides is 2. The van der Waals surface area contributed by atoms with Crippen molar-refractivity contribution in [1.29, 1.82) is 0 Å². The van der Waals surface area contributed by atoms with Gasteiger partial charge in [0.25, 0.3) is 17.7 Å². The van der Waals surface area contributed by atoms with Crippen LogP contribution in [-0.2, 0) is 35.6 Å². The number of urea groups is 1. The fourth-order valence-electron chi connectivity index (χ4n) is 9.75. The second-order valence-electron chi connectivity index (χ2n) is 16.8. The zero-order valence-electron chi connectivity index (χ0n) is 34.3. The highest BCUT2D eigenvalue weighted by Crippen LogP contribution is 2.39. The van der Waals surface area contributed by atoms with Crippen LogP contribution in [0.5, 0.6) is 0 Å². The smallest absolute Gasteiger partial charge is 0.328 e. The maximum Gasteiger partial charge on any atom is 0.328 e. The average Bonchev–Trinajstić information content (AvgIpc) is 4.10. The lowest BCUT2D eigenvalue weighted by Crippen LogP contribution is -2.61. The van der Waals surface area contributed by atoms with E-state index in [1.165, 1.54) is 27.2 Å². The number of fused-ring (bicyclic) bond motifs is 2.